The number of ether oxygens (including phenoxy) is 1. The van der Waals surface area contributed by atoms with E-state index in [1.54, 1.807) is 49.4 Å². The molecule has 2 aromatic rings. The number of aliphatic hydroxyl groups excluding tert-OH is 1. The molecule has 2 aromatic carbocycles. The van der Waals surface area contributed by atoms with E-state index in [2.05, 4.69) is 20.7 Å². The topological polar surface area (TPSA) is 92.7 Å². The average molecular weight is 465 g/mol. The number of halogens is 2. The van der Waals surface area contributed by atoms with Gasteiger partial charge in [-0.05, 0) is 36.8 Å². The van der Waals surface area contributed by atoms with Crippen molar-refractivity contribution in [1.29, 1.82) is 0 Å². The van der Waals surface area contributed by atoms with Gasteiger partial charge in [0.15, 0.2) is 0 Å². The van der Waals surface area contributed by atoms with Crippen LogP contribution < -0.4 is 4.72 Å². The predicted molar refractivity (Wildman–Crippen MR) is 104 cm³/mol. The molecule has 0 aliphatic heterocycles. The van der Waals surface area contributed by atoms with Crippen molar-refractivity contribution in [3.63, 3.8) is 0 Å². The number of rotatable bonds is 7. The summed E-state index contributed by atoms with van der Waals surface area (Å²) in [5, 5.41) is 10.5. The molecule has 6 nitrogen and oxygen atoms in total. The van der Waals surface area contributed by atoms with E-state index in [0.29, 0.717) is 5.56 Å². The minimum atomic E-state index is -4.02. The Labute approximate surface area is 167 Å². The fourth-order valence-electron chi connectivity index (χ4n) is 2.17. The van der Waals surface area contributed by atoms with Gasteiger partial charge in [-0.2, -0.15) is 4.72 Å². The van der Waals surface area contributed by atoms with Crippen LogP contribution in [-0.2, 0) is 19.6 Å². The first-order valence-electron chi connectivity index (χ1n) is 7.52. The van der Waals surface area contributed by atoms with Crippen molar-refractivity contribution < 1.29 is 23.1 Å². The fourth-order valence-corrected chi connectivity index (χ4v) is 3.62. The van der Waals surface area contributed by atoms with Crippen LogP contribution in [0.5, 0.6) is 0 Å². The lowest BCUT2D eigenvalue weighted by Crippen LogP contribution is -2.45. The van der Waals surface area contributed by atoms with Gasteiger partial charge in [0.25, 0.3) is 0 Å². The van der Waals surface area contributed by atoms with Crippen LogP contribution >= 0.6 is 28.3 Å². The maximum atomic E-state index is 12.6. The molecule has 2 N–H and O–H groups in total. The summed E-state index contributed by atoms with van der Waals surface area (Å²) in [6.45, 7) is 1.67. The van der Waals surface area contributed by atoms with Crippen molar-refractivity contribution in [2.45, 2.75) is 24.0 Å². The van der Waals surface area contributed by atoms with E-state index in [1.165, 1.54) is 12.1 Å². The van der Waals surface area contributed by atoms with Crippen LogP contribution in [0.25, 0.3) is 0 Å². The van der Waals surface area contributed by atoms with Gasteiger partial charge in [0.1, 0.15) is 12.1 Å². The molecular formula is C17H19BrClNO5S. The van der Waals surface area contributed by atoms with E-state index < -0.39 is 28.1 Å². The lowest BCUT2D eigenvalue weighted by molar-refractivity contribution is -0.148. The van der Waals surface area contributed by atoms with Crippen molar-refractivity contribution in [1.82, 2.24) is 4.72 Å². The maximum absolute atomic E-state index is 12.6. The molecule has 0 heterocycles. The number of sulfonamides is 1. The van der Waals surface area contributed by atoms with E-state index in [1.807, 2.05) is 0 Å². The highest BCUT2D eigenvalue weighted by Crippen LogP contribution is 2.21. The Balaban J connectivity index is 0.00000338. The summed E-state index contributed by atoms with van der Waals surface area (Å²) >= 11 is 3.23. The molecule has 0 saturated carbocycles. The second kappa shape index (κ2) is 10.0. The van der Waals surface area contributed by atoms with Gasteiger partial charge in [-0.1, -0.05) is 46.3 Å². The number of carbonyl (C=O) groups is 1. The average Bonchev–Trinajstić information content (AvgIpc) is 2.60. The molecule has 2 unspecified atom stereocenters. The highest BCUT2D eigenvalue weighted by atomic mass is 79.9. The first-order valence-corrected chi connectivity index (χ1v) is 9.80. The highest BCUT2D eigenvalue weighted by Gasteiger charge is 2.33. The predicted octanol–water partition coefficient (Wildman–Crippen LogP) is 2.81. The van der Waals surface area contributed by atoms with Crippen molar-refractivity contribution in [2.24, 2.45) is 0 Å². The summed E-state index contributed by atoms with van der Waals surface area (Å²) < 4.78 is 33.0. The van der Waals surface area contributed by atoms with Crippen molar-refractivity contribution in [3.05, 3.63) is 64.6 Å². The second-order valence-electron chi connectivity index (χ2n) is 5.16. The third kappa shape index (κ3) is 5.78. The quantitative estimate of drug-likeness (QED) is 0.615. The van der Waals surface area contributed by atoms with Crippen LogP contribution in [0.15, 0.2) is 64.0 Å². The number of esters is 1. The first-order chi connectivity index (χ1) is 11.8. The normalized spacial score (nSPS) is 13.3. The van der Waals surface area contributed by atoms with Gasteiger partial charge in [0, 0.05) is 4.47 Å². The van der Waals surface area contributed by atoms with Gasteiger partial charge >= 0.3 is 5.97 Å². The molecule has 2 rings (SSSR count). The molecular weight excluding hydrogens is 446 g/mol. The zero-order chi connectivity index (χ0) is 18.4. The van der Waals surface area contributed by atoms with Crippen molar-refractivity contribution in [2.75, 3.05) is 6.61 Å². The molecule has 0 aromatic heterocycles. The van der Waals surface area contributed by atoms with Crippen LogP contribution in [0.4, 0.5) is 0 Å². The summed E-state index contributed by atoms with van der Waals surface area (Å²) in [4.78, 5) is 12.2. The maximum Gasteiger partial charge on any atom is 0.327 e. The van der Waals surface area contributed by atoms with E-state index in [0.717, 1.165) is 4.47 Å². The highest BCUT2D eigenvalue weighted by molar-refractivity contribution is 9.10. The summed E-state index contributed by atoms with van der Waals surface area (Å²) in [7, 11) is -4.02. The largest absolute Gasteiger partial charge is 0.465 e. The second-order valence-corrected chi connectivity index (χ2v) is 7.79. The van der Waals surface area contributed by atoms with Gasteiger partial charge in [0.05, 0.1) is 11.5 Å². The molecule has 0 bridgehead atoms. The zero-order valence-electron chi connectivity index (χ0n) is 13.8. The molecule has 0 fully saturated rings. The zero-order valence-corrected chi connectivity index (χ0v) is 17.1. The third-order valence-electron chi connectivity index (χ3n) is 3.40. The van der Waals surface area contributed by atoms with Crippen molar-refractivity contribution in [3.8, 4) is 0 Å². The van der Waals surface area contributed by atoms with Crippen LogP contribution in [0.1, 0.15) is 18.6 Å². The van der Waals surface area contributed by atoms with Crippen LogP contribution in [-0.4, -0.2) is 32.1 Å². The fraction of sp³-hybridized carbons (Fsp3) is 0.235. The molecule has 9 heteroatoms. The molecule has 142 valence electrons. The lowest BCUT2D eigenvalue weighted by Gasteiger charge is -2.22. The van der Waals surface area contributed by atoms with E-state index >= 15 is 0 Å². The Morgan fingerprint density at radius 3 is 2.27 bits per heavy atom. The summed E-state index contributed by atoms with van der Waals surface area (Å²) in [5.74, 6) is -0.848. The molecule has 2 atom stereocenters. The Kier molecular flexibility index (Phi) is 8.72. The number of benzene rings is 2. The molecule has 0 aliphatic carbocycles. The Morgan fingerprint density at radius 1 is 1.15 bits per heavy atom. The molecule has 0 spiro atoms. The van der Waals surface area contributed by atoms with Crippen LogP contribution in [0.3, 0.4) is 0 Å². The van der Waals surface area contributed by atoms with Crippen LogP contribution in [0.2, 0.25) is 0 Å². The monoisotopic (exact) mass is 463 g/mol. The standard InChI is InChI=1S/C17H18BrNO5S.ClH/c1-2-24-17(21)15(16(20)12-6-4-3-5-7-12)19-25(22,23)14-10-8-13(18)9-11-14;/h3-11,15-16,19-20H,2H2,1H3;1H. The van der Waals surface area contributed by atoms with Gasteiger partial charge in [-0.25, -0.2) is 8.42 Å². The van der Waals surface area contributed by atoms with Gasteiger partial charge in [-0.15, -0.1) is 12.4 Å². The molecule has 26 heavy (non-hydrogen) atoms. The Hall–Kier alpha value is -1.45. The number of nitrogens with one attached hydrogen (secondary N) is 1. The molecule has 0 aliphatic rings. The number of carbonyl (C=O) groups excluding carboxylic acids is 1. The molecule has 0 saturated heterocycles. The first kappa shape index (κ1) is 22.6. The summed E-state index contributed by atoms with van der Waals surface area (Å²) in [5.41, 5.74) is 0.402. The van der Waals surface area contributed by atoms with Gasteiger partial charge < -0.3 is 9.84 Å². The summed E-state index contributed by atoms with van der Waals surface area (Å²) in [6.07, 6.45) is -1.38. The third-order valence-corrected chi connectivity index (χ3v) is 5.39. The number of hydrogen-bond donors (Lipinski definition) is 2. The summed E-state index contributed by atoms with van der Waals surface area (Å²) in [6, 6.07) is 12.8. The Bertz CT molecular complexity index is 815. The number of aliphatic hydroxyl groups is 1. The van der Waals surface area contributed by atoms with Crippen LogP contribution in [0, 0.1) is 0 Å². The van der Waals surface area contributed by atoms with E-state index in [9.17, 15) is 18.3 Å². The Morgan fingerprint density at radius 2 is 1.73 bits per heavy atom. The minimum absolute atomic E-state index is 0. The van der Waals surface area contributed by atoms with Gasteiger partial charge in [0.2, 0.25) is 10.0 Å². The van der Waals surface area contributed by atoms with Crippen molar-refractivity contribution >= 4 is 44.3 Å². The number of hydrogen-bond acceptors (Lipinski definition) is 5. The van der Waals surface area contributed by atoms with E-state index in [4.69, 9.17) is 4.74 Å². The lowest BCUT2D eigenvalue weighted by atomic mass is 10.0. The minimum Gasteiger partial charge on any atom is -0.465 e. The van der Waals surface area contributed by atoms with Gasteiger partial charge in [-0.3, -0.25) is 4.79 Å². The molecule has 0 amide bonds. The molecule has 0 radical (unpaired) electrons. The SMILES string of the molecule is CCOC(=O)C(NS(=O)(=O)c1ccc(Br)cc1)C(O)c1ccccc1.Cl. The van der Waals surface area contributed by atoms with E-state index in [-0.39, 0.29) is 23.9 Å². The smallest absolute Gasteiger partial charge is 0.327 e.